The van der Waals surface area contributed by atoms with Gasteiger partial charge in [-0.2, -0.15) is 0 Å². The van der Waals surface area contributed by atoms with Crippen LogP contribution in [0.25, 0.3) is 0 Å². The predicted molar refractivity (Wildman–Crippen MR) is 92.2 cm³/mol. The quantitative estimate of drug-likeness (QED) is 0.597. The minimum atomic E-state index is -1.85. The van der Waals surface area contributed by atoms with E-state index in [2.05, 4.69) is 51.2 Å². The van der Waals surface area contributed by atoms with Crippen LogP contribution in [0.1, 0.15) is 13.8 Å². The topological polar surface area (TPSA) is 35.5 Å². The van der Waals surface area contributed by atoms with Gasteiger partial charge in [-0.15, -0.1) is 0 Å². The molecule has 1 aromatic rings. The largest absolute Gasteiger partial charge is 0.382 e. The van der Waals surface area contributed by atoms with Crippen LogP contribution in [0.3, 0.4) is 0 Å². The Morgan fingerprint density at radius 2 is 1.91 bits per heavy atom. The third kappa shape index (κ3) is 3.19. The Kier molecular flexibility index (Phi) is 5.58. The molecule has 1 aromatic carbocycles. The summed E-state index contributed by atoms with van der Waals surface area (Å²) in [5.74, 6) is 0.294. The van der Waals surface area contributed by atoms with E-state index in [9.17, 15) is 4.79 Å². The number of hydrogen-bond donors (Lipinski definition) is 0. The van der Waals surface area contributed by atoms with Crippen molar-refractivity contribution >= 4 is 19.5 Å². The minimum absolute atomic E-state index is 0.00172. The molecule has 122 valence electrons. The van der Waals surface area contributed by atoms with Gasteiger partial charge in [-0.3, -0.25) is 0 Å². The molecule has 4 atom stereocenters. The standard InChI is InChI=1S/C18H28O3Si/c1-13(2)17-15(11-19)18(16(21-17)12-20-3)22(4,5)14-9-7-6-8-10-14/h6-11,13,15-18H,12H2,1-5H3/t15-,16+,17+,18+/m0/s1. The summed E-state index contributed by atoms with van der Waals surface area (Å²) in [5.41, 5.74) is 0.250. The third-order valence-electron chi connectivity index (χ3n) is 5.02. The Labute approximate surface area is 135 Å². The second kappa shape index (κ2) is 7.07. The zero-order chi connectivity index (χ0) is 16.3. The molecule has 1 aliphatic heterocycles. The lowest BCUT2D eigenvalue weighted by Crippen LogP contribution is -2.51. The highest BCUT2D eigenvalue weighted by molar-refractivity contribution is 6.91. The van der Waals surface area contributed by atoms with E-state index in [1.54, 1.807) is 7.11 Å². The average molecular weight is 321 g/mol. The van der Waals surface area contributed by atoms with Crippen LogP contribution in [-0.4, -0.2) is 40.3 Å². The molecule has 1 saturated heterocycles. The van der Waals surface area contributed by atoms with Crippen molar-refractivity contribution in [2.45, 2.75) is 44.7 Å². The molecule has 0 amide bonds. The predicted octanol–water partition coefficient (Wildman–Crippen LogP) is 2.86. The third-order valence-corrected chi connectivity index (χ3v) is 9.27. The lowest BCUT2D eigenvalue weighted by atomic mass is 9.93. The molecule has 0 radical (unpaired) electrons. The Balaban J connectivity index is 2.40. The first-order valence-electron chi connectivity index (χ1n) is 8.08. The number of methoxy groups -OCH3 is 1. The maximum atomic E-state index is 11.9. The Morgan fingerprint density at radius 1 is 1.27 bits per heavy atom. The highest BCUT2D eigenvalue weighted by Crippen LogP contribution is 2.45. The van der Waals surface area contributed by atoms with Crippen LogP contribution in [0.4, 0.5) is 0 Å². The molecule has 1 aliphatic rings. The molecular formula is C18H28O3Si. The molecule has 0 aliphatic carbocycles. The molecule has 22 heavy (non-hydrogen) atoms. The van der Waals surface area contributed by atoms with Gasteiger partial charge >= 0.3 is 0 Å². The summed E-state index contributed by atoms with van der Waals surface area (Å²) in [6.07, 6.45) is 1.13. The normalized spacial score (nSPS) is 29.0. The van der Waals surface area contributed by atoms with Gasteiger partial charge in [-0.05, 0) is 11.5 Å². The van der Waals surface area contributed by atoms with E-state index < -0.39 is 8.07 Å². The van der Waals surface area contributed by atoms with Gasteiger partial charge in [0, 0.05) is 13.0 Å². The van der Waals surface area contributed by atoms with Crippen molar-refractivity contribution in [2.75, 3.05) is 13.7 Å². The van der Waals surface area contributed by atoms with E-state index >= 15 is 0 Å². The average Bonchev–Trinajstić information content (AvgIpc) is 2.88. The number of rotatable bonds is 6. The molecule has 3 nitrogen and oxygen atoms in total. The van der Waals surface area contributed by atoms with Crippen molar-refractivity contribution in [3.63, 3.8) is 0 Å². The molecule has 0 bridgehead atoms. The van der Waals surface area contributed by atoms with E-state index in [-0.39, 0.29) is 23.7 Å². The Morgan fingerprint density at radius 3 is 2.41 bits per heavy atom. The van der Waals surface area contributed by atoms with Crippen LogP contribution in [0.5, 0.6) is 0 Å². The summed E-state index contributed by atoms with van der Waals surface area (Å²) >= 11 is 0. The molecule has 4 heteroatoms. The smallest absolute Gasteiger partial charge is 0.125 e. The Hall–Kier alpha value is -0.973. The number of ether oxygens (including phenoxy) is 2. The van der Waals surface area contributed by atoms with Gasteiger partial charge < -0.3 is 14.3 Å². The lowest BCUT2D eigenvalue weighted by Gasteiger charge is -2.35. The summed E-state index contributed by atoms with van der Waals surface area (Å²) in [6.45, 7) is 9.51. The highest BCUT2D eigenvalue weighted by atomic mass is 28.3. The lowest BCUT2D eigenvalue weighted by molar-refractivity contribution is -0.113. The molecule has 0 aromatic heterocycles. The summed E-state index contributed by atoms with van der Waals surface area (Å²) in [6, 6.07) is 10.6. The van der Waals surface area contributed by atoms with Crippen molar-refractivity contribution in [1.82, 2.24) is 0 Å². The molecule has 1 fully saturated rings. The molecule has 0 N–H and O–H groups in total. The highest BCUT2D eigenvalue weighted by Gasteiger charge is 2.53. The Bertz CT molecular complexity index is 486. The monoisotopic (exact) mass is 320 g/mol. The first-order chi connectivity index (χ1) is 10.4. The number of hydrogen-bond acceptors (Lipinski definition) is 3. The fourth-order valence-corrected chi connectivity index (χ4v) is 7.68. The van der Waals surface area contributed by atoms with Crippen molar-refractivity contribution < 1.29 is 14.3 Å². The zero-order valence-electron chi connectivity index (χ0n) is 14.3. The van der Waals surface area contributed by atoms with E-state index in [1.165, 1.54) is 5.19 Å². The molecule has 0 spiro atoms. The van der Waals surface area contributed by atoms with Crippen molar-refractivity contribution in [2.24, 2.45) is 11.8 Å². The summed E-state index contributed by atoms with van der Waals surface area (Å²) in [5, 5.41) is 1.38. The molecule has 2 rings (SSSR count). The SMILES string of the molecule is COC[C@H]1O[C@H](C(C)C)[C@H](C=O)[C@H]1[Si](C)(C)c1ccccc1. The summed E-state index contributed by atoms with van der Waals surface area (Å²) in [7, 11) is -0.150. The number of carbonyl (C=O) groups is 1. The molecule has 0 saturated carbocycles. The van der Waals surface area contributed by atoms with Gasteiger partial charge in [0.1, 0.15) is 6.29 Å². The van der Waals surface area contributed by atoms with Crippen LogP contribution in [0, 0.1) is 11.8 Å². The minimum Gasteiger partial charge on any atom is -0.382 e. The van der Waals surface area contributed by atoms with E-state index in [4.69, 9.17) is 9.47 Å². The molecule has 0 unspecified atom stereocenters. The van der Waals surface area contributed by atoms with Gasteiger partial charge in [0.15, 0.2) is 0 Å². The van der Waals surface area contributed by atoms with Crippen LogP contribution in [0.15, 0.2) is 30.3 Å². The molecular weight excluding hydrogens is 292 g/mol. The second-order valence-corrected chi connectivity index (χ2v) is 11.9. The van der Waals surface area contributed by atoms with Crippen LogP contribution >= 0.6 is 0 Å². The fraction of sp³-hybridized carbons (Fsp3) is 0.611. The van der Waals surface area contributed by atoms with Gasteiger partial charge in [-0.25, -0.2) is 0 Å². The van der Waals surface area contributed by atoms with Crippen LogP contribution in [0.2, 0.25) is 18.6 Å². The van der Waals surface area contributed by atoms with Crippen molar-refractivity contribution in [3.8, 4) is 0 Å². The maximum absolute atomic E-state index is 11.9. The van der Waals surface area contributed by atoms with Crippen molar-refractivity contribution in [1.29, 1.82) is 0 Å². The first kappa shape index (κ1) is 17.4. The van der Waals surface area contributed by atoms with Crippen LogP contribution < -0.4 is 5.19 Å². The summed E-state index contributed by atoms with van der Waals surface area (Å²) < 4.78 is 11.7. The molecule has 1 heterocycles. The van der Waals surface area contributed by atoms with E-state index in [0.29, 0.717) is 12.5 Å². The number of carbonyl (C=O) groups excluding carboxylic acids is 1. The van der Waals surface area contributed by atoms with Crippen LogP contribution in [-0.2, 0) is 14.3 Å². The second-order valence-electron chi connectivity index (χ2n) is 7.17. The zero-order valence-corrected chi connectivity index (χ0v) is 15.3. The van der Waals surface area contributed by atoms with Gasteiger partial charge in [0.05, 0.1) is 26.9 Å². The van der Waals surface area contributed by atoms with Crippen molar-refractivity contribution in [3.05, 3.63) is 30.3 Å². The van der Waals surface area contributed by atoms with Gasteiger partial charge in [-0.1, -0.05) is 62.5 Å². The number of aldehydes is 1. The first-order valence-corrected chi connectivity index (χ1v) is 11.2. The van der Waals surface area contributed by atoms with Gasteiger partial charge in [0.2, 0.25) is 0 Å². The van der Waals surface area contributed by atoms with Gasteiger partial charge in [0.25, 0.3) is 0 Å². The van der Waals surface area contributed by atoms with E-state index in [1.807, 2.05) is 6.07 Å². The number of benzene rings is 1. The maximum Gasteiger partial charge on any atom is 0.125 e. The van der Waals surface area contributed by atoms with E-state index in [0.717, 1.165) is 6.29 Å². The fourth-order valence-electron chi connectivity index (χ4n) is 3.91. The summed E-state index contributed by atoms with van der Waals surface area (Å²) in [4.78, 5) is 11.9.